The van der Waals surface area contributed by atoms with Crippen LogP contribution >= 0.6 is 22.9 Å². The third kappa shape index (κ3) is 2.68. The highest BCUT2D eigenvalue weighted by Gasteiger charge is 2.52. The fourth-order valence-electron chi connectivity index (χ4n) is 2.14. The van der Waals surface area contributed by atoms with Crippen molar-refractivity contribution in [2.45, 2.75) is 31.2 Å². The highest BCUT2D eigenvalue weighted by molar-refractivity contribution is 14.1. The number of rotatable bonds is 2. The number of hydrogen-bond acceptors (Lipinski definition) is 2. The normalized spacial score (nSPS) is 27.6. The number of sulfonamides is 1. The highest BCUT2D eigenvalue weighted by Crippen LogP contribution is 2.38. The second-order valence-corrected chi connectivity index (χ2v) is 10.0. The first-order valence-electron chi connectivity index (χ1n) is 6.18. The smallest absolute Gasteiger partial charge is 0.250 e. The number of nitrogens with zero attached hydrogens (tertiary/aromatic N) is 2. The van der Waals surface area contributed by atoms with E-state index in [0.29, 0.717) is 20.8 Å². The Morgan fingerprint density at radius 1 is 1.26 bits per heavy atom. The van der Waals surface area contributed by atoms with Crippen LogP contribution in [0, 0.1) is 6.92 Å². The summed E-state index contributed by atoms with van der Waals surface area (Å²) in [4.78, 5) is 0.382. The summed E-state index contributed by atoms with van der Waals surface area (Å²) in [5.41, 5.74) is 0.980. The van der Waals surface area contributed by atoms with E-state index in [1.807, 2.05) is 19.1 Å². The van der Waals surface area contributed by atoms with Crippen molar-refractivity contribution < 1.29 is 11.1 Å². The summed E-state index contributed by atoms with van der Waals surface area (Å²) in [5.74, 6) is 0. The average molecular weight is 395 g/mol. The molecule has 2 rings (SSSR count). The molecule has 19 heavy (non-hydrogen) atoms. The number of likely N-dealkylation sites (N-methyl/N-ethyl adjacent to an activating group) is 1. The molecule has 0 aliphatic carbocycles. The molecule has 1 saturated heterocycles. The maximum absolute atomic E-state index is 12.6. The molecule has 106 valence electrons. The molecule has 0 amide bonds. The van der Waals surface area contributed by atoms with Gasteiger partial charge in [0.15, 0.2) is 6.67 Å². The summed E-state index contributed by atoms with van der Waals surface area (Å²) in [6, 6.07) is 7.06. The Bertz CT molecular complexity index is 563. The van der Waals surface area contributed by atoms with E-state index in [2.05, 4.69) is 43.8 Å². The van der Waals surface area contributed by atoms with Crippen molar-refractivity contribution in [1.29, 1.82) is 0 Å². The lowest BCUT2D eigenvalue weighted by molar-refractivity contribution is -0.773. The number of benzene rings is 1. The molecular formula is C13H20IN2O2S+. The average Bonchev–Trinajstić information content (AvgIpc) is 2.49. The van der Waals surface area contributed by atoms with E-state index in [-0.39, 0.29) is 5.54 Å². The molecular weight excluding hydrogens is 375 g/mol. The molecule has 1 heterocycles. The van der Waals surface area contributed by atoms with E-state index in [9.17, 15) is 8.42 Å². The molecule has 0 aromatic heterocycles. The van der Waals surface area contributed by atoms with Crippen LogP contribution in [-0.4, -0.2) is 41.2 Å². The van der Waals surface area contributed by atoms with Crippen molar-refractivity contribution in [2.75, 3.05) is 20.3 Å². The van der Waals surface area contributed by atoms with Crippen LogP contribution in [0.1, 0.15) is 19.4 Å². The van der Waals surface area contributed by atoms with Crippen LogP contribution in [0.5, 0.6) is 0 Å². The molecule has 1 fully saturated rings. The van der Waals surface area contributed by atoms with Gasteiger partial charge in [0.1, 0.15) is 5.54 Å². The van der Waals surface area contributed by atoms with Crippen molar-refractivity contribution in [1.82, 2.24) is 4.31 Å². The molecule has 4 nitrogen and oxygen atoms in total. The van der Waals surface area contributed by atoms with Gasteiger partial charge in [0.2, 0.25) is 32.9 Å². The second-order valence-electron chi connectivity index (χ2n) is 5.95. The Balaban J connectivity index is 2.35. The van der Waals surface area contributed by atoms with E-state index in [1.165, 1.54) is 0 Å². The topological polar surface area (TPSA) is 37.4 Å². The van der Waals surface area contributed by atoms with Crippen LogP contribution in [0.3, 0.4) is 0 Å². The largest absolute Gasteiger partial charge is 0.251 e. The van der Waals surface area contributed by atoms with Gasteiger partial charge in [-0.1, -0.05) is 17.7 Å². The molecule has 1 aliphatic heterocycles. The van der Waals surface area contributed by atoms with Gasteiger partial charge >= 0.3 is 0 Å². The van der Waals surface area contributed by atoms with Crippen molar-refractivity contribution in [3.05, 3.63) is 29.8 Å². The van der Waals surface area contributed by atoms with E-state index in [1.54, 1.807) is 16.4 Å². The molecule has 0 saturated carbocycles. The van der Waals surface area contributed by atoms with Gasteiger partial charge in [-0.15, -0.1) is 4.31 Å². The molecule has 1 unspecified atom stereocenters. The monoisotopic (exact) mass is 395 g/mol. The molecule has 0 bridgehead atoms. The maximum Gasteiger partial charge on any atom is 0.250 e. The third-order valence-electron chi connectivity index (χ3n) is 3.91. The van der Waals surface area contributed by atoms with Crippen LogP contribution in [0.2, 0.25) is 0 Å². The molecule has 0 spiro atoms. The summed E-state index contributed by atoms with van der Waals surface area (Å²) in [7, 11) is -1.32. The lowest BCUT2D eigenvalue weighted by Gasteiger charge is -2.32. The Morgan fingerprint density at radius 3 is 2.21 bits per heavy atom. The molecule has 1 atom stereocenters. The summed E-state index contributed by atoms with van der Waals surface area (Å²) in [5, 5.41) is 0. The number of halogens is 1. The predicted octanol–water partition coefficient (Wildman–Crippen LogP) is 2.53. The van der Waals surface area contributed by atoms with Crippen LogP contribution in [0.4, 0.5) is 0 Å². The predicted molar refractivity (Wildman–Crippen MR) is 84.2 cm³/mol. The lowest BCUT2D eigenvalue weighted by Crippen LogP contribution is -2.47. The fraction of sp³-hybridized carbons (Fsp3) is 0.538. The Kier molecular flexibility index (Phi) is 3.75. The first kappa shape index (κ1) is 15.2. The zero-order valence-electron chi connectivity index (χ0n) is 11.7. The van der Waals surface area contributed by atoms with Gasteiger partial charge in [-0.3, -0.25) is 2.70 Å². The van der Waals surface area contributed by atoms with E-state index >= 15 is 0 Å². The number of quaternary nitrogens is 1. The lowest BCUT2D eigenvalue weighted by atomic mass is 10.1. The zero-order valence-corrected chi connectivity index (χ0v) is 14.7. The van der Waals surface area contributed by atoms with Crippen molar-refractivity contribution in [2.24, 2.45) is 0 Å². The van der Waals surface area contributed by atoms with Crippen LogP contribution in [-0.2, 0) is 10.0 Å². The van der Waals surface area contributed by atoms with Crippen LogP contribution in [0.25, 0.3) is 0 Å². The summed E-state index contributed by atoms with van der Waals surface area (Å²) < 4.78 is 27.5. The van der Waals surface area contributed by atoms with Gasteiger partial charge in [0.25, 0.3) is 0 Å². The van der Waals surface area contributed by atoms with E-state index < -0.39 is 10.0 Å². The fourth-order valence-corrected chi connectivity index (χ4v) is 4.51. The minimum absolute atomic E-state index is 0.0850. The van der Waals surface area contributed by atoms with Gasteiger partial charge in [-0.05, 0) is 32.9 Å². The Morgan fingerprint density at radius 2 is 1.79 bits per heavy atom. The van der Waals surface area contributed by atoms with Crippen molar-refractivity contribution in [3.63, 3.8) is 0 Å². The first-order chi connectivity index (χ1) is 8.56. The van der Waals surface area contributed by atoms with E-state index in [4.69, 9.17) is 0 Å². The van der Waals surface area contributed by atoms with Gasteiger partial charge in [0.05, 0.1) is 18.5 Å². The Hall–Kier alpha value is -0.180. The van der Waals surface area contributed by atoms with Crippen LogP contribution in [0.15, 0.2) is 29.2 Å². The minimum atomic E-state index is -3.38. The molecule has 1 aromatic rings. The molecule has 1 aromatic carbocycles. The maximum atomic E-state index is 12.6. The quantitative estimate of drug-likeness (QED) is 0.570. The molecule has 6 heteroatoms. The minimum Gasteiger partial charge on any atom is -0.251 e. The molecule has 0 radical (unpaired) electrons. The van der Waals surface area contributed by atoms with Gasteiger partial charge in [-0.25, -0.2) is 8.42 Å². The highest BCUT2D eigenvalue weighted by atomic mass is 127. The van der Waals surface area contributed by atoms with Crippen molar-refractivity contribution in [3.8, 4) is 0 Å². The van der Waals surface area contributed by atoms with Gasteiger partial charge in [0, 0.05) is 0 Å². The summed E-state index contributed by atoms with van der Waals surface area (Å²) in [6.45, 7) is 7.20. The van der Waals surface area contributed by atoms with Gasteiger partial charge in [-0.2, -0.15) is 0 Å². The number of aryl methyl sites for hydroxylation is 1. The zero-order chi connectivity index (χ0) is 14.5. The van der Waals surface area contributed by atoms with E-state index in [0.717, 1.165) is 5.56 Å². The van der Waals surface area contributed by atoms with Gasteiger partial charge < -0.3 is 0 Å². The molecule has 1 aliphatic rings. The van der Waals surface area contributed by atoms with Crippen molar-refractivity contribution >= 4 is 32.9 Å². The Labute approximate surface area is 129 Å². The summed E-state index contributed by atoms with van der Waals surface area (Å²) >= 11 is 2.32. The summed E-state index contributed by atoms with van der Waals surface area (Å²) in [6.07, 6.45) is 0. The SMILES string of the molecule is Cc1ccc(S(=O)(=O)N2CC(C)(C)[N+](C)(I)C2)cc1. The standard InChI is InChI=1S/C13H20IN2O2S/c1-11-5-7-12(8-6-11)19(17,18)15-9-13(2,3)16(4,14)10-15/h5-8H,9-10H2,1-4H3/q+1. The molecule has 0 N–H and O–H groups in total. The third-order valence-corrected chi connectivity index (χ3v) is 7.31. The van der Waals surface area contributed by atoms with Crippen LogP contribution < -0.4 is 0 Å². The number of hydrogen-bond donors (Lipinski definition) is 0. The first-order valence-corrected chi connectivity index (χ1v) is 8.59. The second kappa shape index (κ2) is 4.68.